The van der Waals surface area contributed by atoms with Gasteiger partial charge in [0.25, 0.3) is 0 Å². The summed E-state index contributed by atoms with van der Waals surface area (Å²) >= 11 is 1.52. The molecule has 2 unspecified atom stereocenters. The lowest BCUT2D eigenvalue weighted by atomic mass is 10.0. The molecule has 2 amide bonds. The van der Waals surface area contributed by atoms with E-state index in [1.165, 1.54) is 52.6 Å². The minimum Gasteiger partial charge on any atom is -0.406 e. The standard InChI is InChI=1S/C33H34F4N6O2S/c1-4-5-24-7-6-21(2)18-29(24)43-22(3)16-17-46-32(43)40-31(44)38-19-28(34)23-8-10-25(11-9-23)30-39-20-42(41-30)26-12-14-27(15-13-26)45-33(35,36)37/h6-15,18,20,22,28H,4-5,16-17,19H2,1-3H3,(H,38,44). The second-order valence-corrected chi connectivity index (χ2v) is 12.0. The number of halogens is 4. The highest BCUT2D eigenvalue weighted by atomic mass is 32.2. The molecule has 3 aromatic carbocycles. The highest BCUT2D eigenvalue weighted by molar-refractivity contribution is 8.14. The number of amidine groups is 1. The number of aromatic nitrogens is 3. The van der Waals surface area contributed by atoms with Crippen molar-refractivity contribution >= 4 is 28.6 Å². The molecule has 242 valence electrons. The fourth-order valence-corrected chi connectivity index (χ4v) is 6.30. The number of rotatable bonds is 9. The number of hydrogen-bond donors (Lipinski definition) is 1. The number of alkyl halides is 4. The number of urea groups is 1. The summed E-state index contributed by atoms with van der Waals surface area (Å²) in [6, 6.07) is 17.7. The Balaban J connectivity index is 1.21. The van der Waals surface area contributed by atoms with E-state index in [-0.39, 0.29) is 18.3 Å². The van der Waals surface area contributed by atoms with Crippen LogP contribution >= 0.6 is 11.8 Å². The van der Waals surface area contributed by atoms with Crippen LogP contribution in [0.3, 0.4) is 0 Å². The first-order valence-corrected chi connectivity index (χ1v) is 15.9. The predicted octanol–water partition coefficient (Wildman–Crippen LogP) is 8.20. The van der Waals surface area contributed by atoms with Crippen molar-refractivity contribution in [3.8, 4) is 22.8 Å². The molecule has 5 rings (SSSR count). The van der Waals surface area contributed by atoms with Gasteiger partial charge in [-0.25, -0.2) is 18.9 Å². The second kappa shape index (κ2) is 14.4. The summed E-state index contributed by atoms with van der Waals surface area (Å²) in [5.74, 6) is 0.845. The van der Waals surface area contributed by atoms with E-state index >= 15 is 4.39 Å². The van der Waals surface area contributed by atoms with Gasteiger partial charge >= 0.3 is 12.4 Å². The number of benzene rings is 3. The van der Waals surface area contributed by atoms with Gasteiger partial charge in [0.2, 0.25) is 0 Å². The normalized spacial score (nSPS) is 16.8. The quantitative estimate of drug-likeness (QED) is 0.183. The Bertz CT molecular complexity index is 1670. The molecular weight excluding hydrogens is 620 g/mol. The van der Waals surface area contributed by atoms with E-state index in [2.05, 4.69) is 62.1 Å². The topological polar surface area (TPSA) is 84.6 Å². The molecule has 1 aliphatic rings. The highest BCUT2D eigenvalue weighted by Crippen LogP contribution is 2.33. The average molecular weight is 655 g/mol. The largest absolute Gasteiger partial charge is 0.573 e. The molecule has 8 nitrogen and oxygen atoms in total. The van der Waals surface area contributed by atoms with Crippen LogP contribution in [-0.2, 0) is 6.42 Å². The molecule has 1 aliphatic heterocycles. The highest BCUT2D eigenvalue weighted by Gasteiger charge is 2.31. The van der Waals surface area contributed by atoms with Crippen LogP contribution < -0.4 is 15.0 Å². The zero-order valence-corrected chi connectivity index (χ0v) is 26.4. The smallest absolute Gasteiger partial charge is 0.406 e. The molecule has 1 N–H and O–H groups in total. The van der Waals surface area contributed by atoms with Gasteiger partial charge in [0.1, 0.15) is 18.2 Å². The molecule has 0 aliphatic carbocycles. The van der Waals surface area contributed by atoms with Crippen molar-refractivity contribution in [3.63, 3.8) is 0 Å². The van der Waals surface area contributed by atoms with Crippen molar-refractivity contribution in [2.75, 3.05) is 17.2 Å². The number of hydrogen-bond acceptors (Lipinski definition) is 5. The van der Waals surface area contributed by atoms with E-state index in [1.54, 1.807) is 24.3 Å². The zero-order valence-electron chi connectivity index (χ0n) is 25.6. The first-order valence-electron chi connectivity index (χ1n) is 14.9. The van der Waals surface area contributed by atoms with Crippen LogP contribution in [0.2, 0.25) is 0 Å². The second-order valence-electron chi connectivity index (χ2n) is 11.0. The summed E-state index contributed by atoms with van der Waals surface area (Å²) in [6.07, 6.45) is -1.95. The third kappa shape index (κ3) is 8.25. The fourth-order valence-electron chi connectivity index (χ4n) is 5.10. The minimum absolute atomic E-state index is 0.164. The molecule has 1 aromatic heterocycles. The van der Waals surface area contributed by atoms with Crippen molar-refractivity contribution in [2.45, 2.75) is 58.6 Å². The monoisotopic (exact) mass is 654 g/mol. The van der Waals surface area contributed by atoms with Crippen LogP contribution in [-0.4, -0.2) is 50.7 Å². The number of amides is 2. The van der Waals surface area contributed by atoms with Crippen LogP contribution in [0.5, 0.6) is 5.75 Å². The van der Waals surface area contributed by atoms with Crippen LogP contribution in [0.25, 0.3) is 17.1 Å². The van der Waals surface area contributed by atoms with Crippen molar-refractivity contribution in [1.29, 1.82) is 0 Å². The number of aliphatic imine (C=N–C) groups is 1. The lowest BCUT2D eigenvalue weighted by Gasteiger charge is -2.37. The summed E-state index contributed by atoms with van der Waals surface area (Å²) in [5, 5.41) is 7.59. The third-order valence-corrected chi connectivity index (χ3v) is 8.41. The Morgan fingerprint density at radius 1 is 1.13 bits per heavy atom. The number of anilines is 1. The molecule has 4 aromatic rings. The number of ether oxygens (including phenoxy) is 1. The van der Waals surface area contributed by atoms with Gasteiger partial charge in [-0.1, -0.05) is 61.5 Å². The molecule has 13 heteroatoms. The van der Waals surface area contributed by atoms with E-state index in [4.69, 9.17) is 0 Å². The SMILES string of the molecule is CCCc1ccc(C)cc1N1C(=NC(=O)NCC(F)c2ccc(-c3ncn(-c4ccc(OC(F)(F)F)cc4)n3)cc2)SCCC1C. The Kier molecular flexibility index (Phi) is 10.3. The number of carbonyl (C=O) groups excluding carboxylic acids is 1. The Morgan fingerprint density at radius 3 is 2.57 bits per heavy atom. The molecule has 1 fully saturated rings. The molecule has 0 spiro atoms. The predicted molar refractivity (Wildman–Crippen MR) is 172 cm³/mol. The number of nitrogens with one attached hydrogen (secondary N) is 1. The van der Waals surface area contributed by atoms with Gasteiger partial charge in [-0.2, -0.15) is 4.99 Å². The lowest BCUT2D eigenvalue weighted by Crippen LogP contribution is -2.42. The maximum absolute atomic E-state index is 15.2. The fraction of sp³-hybridized carbons (Fsp3) is 0.333. The van der Waals surface area contributed by atoms with Crippen LogP contribution in [0.1, 0.15) is 49.6 Å². The number of carbonyl (C=O) groups is 1. The maximum atomic E-state index is 15.2. The lowest BCUT2D eigenvalue weighted by molar-refractivity contribution is -0.274. The summed E-state index contributed by atoms with van der Waals surface area (Å²) in [6.45, 7) is 6.06. The van der Waals surface area contributed by atoms with E-state index in [0.29, 0.717) is 27.8 Å². The van der Waals surface area contributed by atoms with Gasteiger partial charge in [-0.3, -0.25) is 0 Å². The molecule has 0 radical (unpaired) electrons. The van der Waals surface area contributed by atoms with Gasteiger partial charge in [-0.15, -0.1) is 18.3 Å². The molecule has 2 heterocycles. The zero-order chi connectivity index (χ0) is 32.8. The van der Waals surface area contributed by atoms with Gasteiger partial charge in [-0.05, 0) is 73.7 Å². The van der Waals surface area contributed by atoms with Crippen LogP contribution in [0.4, 0.5) is 28.0 Å². The molecule has 46 heavy (non-hydrogen) atoms. The van der Waals surface area contributed by atoms with Crippen molar-refractivity contribution in [3.05, 3.63) is 89.7 Å². The maximum Gasteiger partial charge on any atom is 0.573 e. The van der Waals surface area contributed by atoms with Crippen LogP contribution in [0, 0.1) is 6.92 Å². The number of nitrogens with zero attached hydrogens (tertiary/aromatic N) is 5. The molecule has 0 bridgehead atoms. The Hall–Kier alpha value is -4.39. The summed E-state index contributed by atoms with van der Waals surface area (Å²) in [7, 11) is 0. The van der Waals surface area contributed by atoms with Crippen molar-refractivity contribution in [1.82, 2.24) is 20.1 Å². The van der Waals surface area contributed by atoms with E-state index in [9.17, 15) is 18.0 Å². The number of thioether (sulfide) groups is 1. The first-order chi connectivity index (χ1) is 22.0. The van der Waals surface area contributed by atoms with Gasteiger partial charge < -0.3 is 15.0 Å². The molecule has 1 saturated heterocycles. The molecular formula is C33H34F4N6O2S. The van der Waals surface area contributed by atoms with Gasteiger partial charge in [0, 0.05) is 23.0 Å². The van der Waals surface area contributed by atoms with E-state index in [0.717, 1.165) is 36.3 Å². The minimum atomic E-state index is -4.78. The average Bonchev–Trinajstić information content (AvgIpc) is 3.51. The summed E-state index contributed by atoms with van der Waals surface area (Å²) < 4.78 is 57.7. The van der Waals surface area contributed by atoms with Crippen molar-refractivity contribution in [2.24, 2.45) is 4.99 Å². The van der Waals surface area contributed by atoms with Gasteiger partial charge in [0.05, 0.1) is 12.2 Å². The van der Waals surface area contributed by atoms with Crippen molar-refractivity contribution < 1.29 is 27.1 Å². The Morgan fingerprint density at radius 2 is 1.87 bits per heavy atom. The van der Waals surface area contributed by atoms with E-state index < -0.39 is 18.6 Å². The Labute approximate surface area is 268 Å². The first kappa shape index (κ1) is 33.0. The van der Waals surface area contributed by atoms with E-state index in [1.807, 2.05) is 6.92 Å². The van der Waals surface area contributed by atoms with Crippen LogP contribution in [0.15, 0.2) is 78.0 Å². The molecule has 2 atom stereocenters. The number of aryl methyl sites for hydroxylation is 2. The summed E-state index contributed by atoms with van der Waals surface area (Å²) in [5.41, 5.74) is 4.86. The third-order valence-electron chi connectivity index (χ3n) is 7.42. The molecule has 0 saturated carbocycles. The summed E-state index contributed by atoms with van der Waals surface area (Å²) in [4.78, 5) is 23.6. The van der Waals surface area contributed by atoms with Gasteiger partial charge in [0.15, 0.2) is 11.0 Å².